The number of benzene rings is 1. The maximum atomic E-state index is 10.4. The molecule has 0 saturated heterocycles. The number of rotatable bonds is 5. The van der Waals surface area contributed by atoms with Crippen LogP contribution in [0.25, 0.3) is 0 Å². The summed E-state index contributed by atoms with van der Waals surface area (Å²) in [7, 11) is 0. The second kappa shape index (κ2) is 6.19. The number of nitrogens with two attached hydrogens (primary N) is 1. The van der Waals surface area contributed by atoms with E-state index in [-0.39, 0.29) is 5.25 Å². The highest BCUT2D eigenvalue weighted by molar-refractivity contribution is 7.81. The molecular formula is C10H14N2O2S. The number of carbonyl (C=O) groups excluding carboxylic acids is 1. The van der Waals surface area contributed by atoms with Crippen LogP contribution in [0.5, 0.6) is 5.75 Å². The summed E-state index contributed by atoms with van der Waals surface area (Å²) in [4.78, 5) is 10.4. The van der Waals surface area contributed by atoms with Gasteiger partial charge in [-0.3, -0.25) is 0 Å². The van der Waals surface area contributed by atoms with E-state index in [1.165, 1.54) is 0 Å². The van der Waals surface area contributed by atoms with E-state index in [4.69, 9.17) is 10.5 Å². The second-order valence-electron chi connectivity index (χ2n) is 3.02. The lowest BCUT2D eigenvalue weighted by Gasteiger charge is -2.12. The molecule has 0 aliphatic rings. The molecule has 4 nitrogen and oxygen atoms in total. The van der Waals surface area contributed by atoms with Crippen LogP contribution in [0.3, 0.4) is 0 Å². The van der Waals surface area contributed by atoms with Crippen molar-refractivity contribution in [2.45, 2.75) is 5.25 Å². The van der Waals surface area contributed by atoms with Gasteiger partial charge in [-0.05, 0) is 12.1 Å². The summed E-state index contributed by atoms with van der Waals surface area (Å²) in [5.74, 6) is 0.788. The van der Waals surface area contributed by atoms with Gasteiger partial charge in [-0.2, -0.15) is 12.6 Å². The summed E-state index contributed by atoms with van der Waals surface area (Å²) in [5.41, 5.74) is 4.92. The molecule has 0 saturated carbocycles. The SMILES string of the molecule is NC(=O)NC[C@H](S)COc1ccccc1. The number of ether oxygens (including phenoxy) is 1. The summed E-state index contributed by atoms with van der Waals surface area (Å²) in [5, 5.41) is 2.39. The summed E-state index contributed by atoms with van der Waals surface area (Å²) in [6.45, 7) is 0.818. The third-order valence-electron chi connectivity index (χ3n) is 1.70. The van der Waals surface area contributed by atoms with Gasteiger partial charge >= 0.3 is 6.03 Å². The first-order valence-electron chi connectivity index (χ1n) is 4.57. The van der Waals surface area contributed by atoms with Crippen LogP contribution in [0.1, 0.15) is 0 Å². The van der Waals surface area contributed by atoms with Crippen LogP contribution in [-0.4, -0.2) is 24.4 Å². The second-order valence-corrected chi connectivity index (χ2v) is 3.75. The minimum absolute atomic E-state index is 0.0716. The summed E-state index contributed by atoms with van der Waals surface area (Å²) >= 11 is 4.24. The van der Waals surface area contributed by atoms with E-state index in [0.29, 0.717) is 13.2 Å². The molecule has 1 atom stereocenters. The first-order chi connectivity index (χ1) is 7.18. The van der Waals surface area contributed by atoms with Gasteiger partial charge in [0.1, 0.15) is 12.4 Å². The van der Waals surface area contributed by atoms with Gasteiger partial charge in [0.2, 0.25) is 0 Å². The monoisotopic (exact) mass is 226 g/mol. The van der Waals surface area contributed by atoms with Crippen molar-refractivity contribution in [3.63, 3.8) is 0 Å². The van der Waals surface area contributed by atoms with Crippen LogP contribution in [0.15, 0.2) is 30.3 Å². The third kappa shape index (κ3) is 5.17. The number of thiol groups is 1. The van der Waals surface area contributed by atoms with Gasteiger partial charge in [0.15, 0.2) is 0 Å². The minimum atomic E-state index is -0.547. The highest BCUT2D eigenvalue weighted by Crippen LogP contribution is 2.09. The molecule has 0 spiro atoms. The van der Waals surface area contributed by atoms with E-state index >= 15 is 0 Å². The number of urea groups is 1. The number of hydrogen-bond acceptors (Lipinski definition) is 3. The molecule has 15 heavy (non-hydrogen) atoms. The smallest absolute Gasteiger partial charge is 0.312 e. The van der Waals surface area contributed by atoms with Crippen molar-refractivity contribution in [3.05, 3.63) is 30.3 Å². The maximum Gasteiger partial charge on any atom is 0.312 e. The number of hydrogen-bond donors (Lipinski definition) is 3. The van der Waals surface area contributed by atoms with Crippen molar-refractivity contribution in [1.82, 2.24) is 5.32 Å². The van der Waals surface area contributed by atoms with Crippen LogP contribution >= 0.6 is 12.6 Å². The highest BCUT2D eigenvalue weighted by Gasteiger charge is 2.04. The van der Waals surface area contributed by atoms with Gasteiger partial charge in [-0.15, -0.1) is 0 Å². The molecule has 0 radical (unpaired) electrons. The molecule has 1 aromatic carbocycles. The van der Waals surface area contributed by atoms with Crippen molar-refractivity contribution in [2.75, 3.05) is 13.2 Å². The van der Waals surface area contributed by atoms with Crippen molar-refractivity contribution < 1.29 is 9.53 Å². The Bertz CT molecular complexity index is 306. The van der Waals surface area contributed by atoms with Crippen LogP contribution in [0.4, 0.5) is 4.79 Å². The Kier molecular flexibility index (Phi) is 4.83. The van der Waals surface area contributed by atoms with Crippen LogP contribution < -0.4 is 15.8 Å². The normalized spacial score (nSPS) is 11.8. The molecule has 0 aliphatic carbocycles. The van der Waals surface area contributed by atoms with Gasteiger partial charge in [-0.25, -0.2) is 4.79 Å². The largest absolute Gasteiger partial charge is 0.492 e. The molecular weight excluding hydrogens is 212 g/mol. The fourth-order valence-electron chi connectivity index (χ4n) is 0.986. The Balaban J connectivity index is 2.22. The minimum Gasteiger partial charge on any atom is -0.492 e. The average molecular weight is 226 g/mol. The number of carbonyl (C=O) groups is 1. The van der Waals surface area contributed by atoms with Crippen molar-refractivity contribution in [3.8, 4) is 5.75 Å². The summed E-state index contributed by atoms with van der Waals surface area (Å²) < 4.78 is 5.43. The maximum absolute atomic E-state index is 10.4. The predicted octanol–water partition coefficient (Wildman–Crippen LogP) is 1.03. The number of nitrogens with one attached hydrogen (secondary N) is 1. The van der Waals surface area contributed by atoms with E-state index in [1.807, 2.05) is 30.3 Å². The fourth-order valence-corrected chi connectivity index (χ4v) is 1.15. The van der Waals surface area contributed by atoms with Crippen molar-refractivity contribution >= 4 is 18.7 Å². The summed E-state index contributed by atoms with van der Waals surface area (Å²) in [6, 6.07) is 8.88. The lowest BCUT2D eigenvalue weighted by molar-refractivity contribution is 0.247. The van der Waals surface area contributed by atoms with Gasteiger partial charge in [-0.1, -0.05) is 18.2 Å². The third-order valence-corrected chi connectivity index (χ3v) is 2.03. The Morgan fingerprint density at radius 3 is 2.73 bits per heavy atom. The Labute approximate surface area is 94.2 Å². The molecule has 5 heteroatoms. The lowest BCUT2D eigenvalue weighted by Crippen LogP contribution is -2.36. The van der Waals surface area contributed by atoms with E-state index in [2.05, 4.69) is 17.9 Å². The first kappa shape index (κ1) is 11.7. The van der Waals surface area contributed by atoms with E-state index < -0.39 is 6.03 Å². The quantitative estimate of drug-likeness (QED) is 0.657. The zero-order chi connectivity index (χ0) is 11.1. The molecule has 0 aliphatic heterocycles. The molecule has 82 valence electrons. The zero-order valence-corrected chi connectivity index (χ0v) is 9.11. The zero-order valence-electron chi connectivity index (χ0n) is 8.22. The lowest BCUT2D eigenvalue weighted by atomic mass is 10.3. The van der Waals surface area contributed by atoms with Crippen LogP contribution in [0, 0.1) is 0 Å². The molecule has 1 rings (SSSR count). The molecule has 0 fully saturated rings. The standard InChI is InChI=1S/C10H14N2O2S/c11-10(13)12-6-9(15)7-14-8-4-2-1-3-5-8/h1-5,9,15H,6-7H2,(H3,11,12,13)/t9-/m0/s1. The fraction of sp³-hybridized carbons (Fsp3) is 0.300. The van der Waals surface area contributed by atoms with Gasteiger partial charge in [0.05, 0.1) is 5.25 Å². The van der Waals surface area contributed by atoms with E-state index in [0.717, 1.165) is 5.75 Å². The van der Waals surface area contributed by atoms with E-state index in [9.17, 15) is 4.79 Å². The van der Waals surface area contributed by atoms with Gasteiger partial charge in [0.25, 0.3) is 0 Å². The molecule has 0 bridgehead atoms. The topological polar surface area (TPSA) is 64.4 Å². The van der Waals surface area contributed by atoms with Gasteiger partial charge in [0, 0.05) is 6.54 Å². The number of primary amides is 1. The van der Waals surface area contributed by atoms with Crippen LogP contribution in [0.2, 0.25) is 0 Å². The Morgan fingerprint density at radius 2 is 2.13 bits per heavy atom. The Hall–Kier alpha value is -1.36. The van der Waals surface area contributed by atoms with Gasteiger partial charge < -0.3 is 15.8 Å². The molecule has 3 N–H and O–H groups in total. The number of amides is 2. The Morgan fingerprint density at radius 1 is 1.47 bits per heavy atom. The molecule has 1 aromatic rings. The predicted molar refractivity (Wildman–Crippen MR) is 62.3 cm³/mol. The highest BCUT2D eigenvalue weighted by atomic mass is 32.1. The van der Waals surface area contributed by atoms with Crippen molar-refractivity contribution in [1.29, 1.82) is 0 Å². The summed E-state index contributed by atoms with van der Waals surface area (Å²) in [6.07, 6.45) is 0. The first-order valence-corrected chi connectivity index (χ1v) is 5.09. The number of para-hydroxylation sites is 1. The van der Waals surface area contributed by atoms with E-state index in [1.54, 1.807) is 0 Å². The average Bonchev–Trinajstić information content (AvgIpc) is 2.25. The molecule has 0 aromatic heterocycles. The molecule has 0 heterocycles. The molecule has 2 amide bonds. The van der Waals surface area contributed by atoms with Crippen LogP contribution in [-0.2, 0) is 0 Å². The molecule has 0 unspecified atom stereocenters. The van der Waals surface area contributed by atoms with Crippen molar-refractivity contribution in [2.24, 2.45) is 5.73 Å².